The van der Waals surface area contributed by atoms with Gasteiger partial charge < -0.3 is 11.1 Å². The minimum Gasteiger partial charge on any atom is -0.366 e. The topological polar surface area (TPSA) is 115 Å². The molecule has 0 saturated heterocycles. The second kappa shape index (κ2) is 6.10. The lowest BCUT2D eigenvalue weighted by Gasteiger charge is -2.01. The van der Waals surface area contributed by atoms with Crippen LogP contribution in [0, 0.1) is 0 Å². The Morgan fingerprint density at radius 2 is 2.18 bits per heavy atom. The lowest BCUT2D eigenvalue weighted by Crippen LogP contribution is -2.21. The highest BCUT2D eigenvalue weighted by Crippen LogP contribution is 2.13. The summed E-state index contributed by atoms with van der Waals surface area (Å²) in [5.41, 5.74) is 5.61. The van der Waals surface area contributed by atoms with Crippen LogP contribution in [0.4, 0.5) is 0 Å². The monoisotopic (exact) mass is 277 g/mol. The molecule has 0 saturated carbocycles. The number of rotatable bonds is 7. The van der Waals surface area contributed by atoms with Crippen LogP contribution < -0.4 is 16.2 Å². The fraction of sp³-hybridized carbons (Fsp3) is 0.444. The van der Waals surface area contributed by atoms with Gasteiger partial charge >= 0.3 is 0 Å². The second-order valence-electron chi connectivity index (χ2n) is 3.56. The first-order valence-electron chi connectivity index (χ1n) is 4.97. The molecule has 0 radical (unpaired) electrons. The summed E-state index contributed by atoms with van der Waals surface area (Å²) in [6, 6.07) is 1.72. The third-order valence-corrected chi connectivity index (χ3v) is 3.81. The highest BCUT2D eigenvalue weighted by molar-refractivity contribution is 7.89. The van der Waals surface area contributed by atoms with Gasteiger partial charge in [-0.1, -0.05) is 0 Å². The van der Waals surface area contributed by atoms with E-state index in [0.717, 1.165) is 4.88 Å². The van der Waals surface area contributed by atoms with E-state index >= 15 is 0 Å². The molecule has 0 aliphatic heterocycles. The molecule has 0 atom stereocenters. The molecule has 0 aliphatic rings. The number of nitrogens with two attached hydrogens (primary N) is 2. The maximum atomic E-state index is 10.8. The van der Waals surface area contributed by atoms with Crippen molar-refractivity contribution >= 4 is 27.3 Å². The predicted molar refractivity (Wildman–Crippen MR) is 67.1 cm³/mol. The van der Waals surface area contributed by atoms with E-state index in [4.69, 9.17) is 10.9 Å². The van der Waals surface area contributed by atoms with Crippen molar-refractivity contribution in [3.05, 3.63) is 21.9 Å². The molecule has 8 heteroatoms. The Morgan fingerprint density at radius 3 is 2.71 bits per heavy atom. The zero-order valence-electron chi connectivity index (χ0n) is 9.18. The van der Waals surface area contributed by atoms with Crippen molar-refractivity contribution in [1.29, 1.82) is 0 Å². The van der Waals surface area contributed by atoms with Gasteiger partial charge in [0, 0.05) is 16.8 Å². The largest absolute Gasteiger partial charge is 0.366 e. The molecular formula is C9H15N3O3S2. The molecule has 1 heterocycles. The van der Waals surface area contributed by atoms with Gasteiger partial charge in [-0.2, -0.15) is 0 Å². The number of amides is 1. The first kappa shape index (κ1) is 14.1. The SMILES string of the molecule is NC(=O)c1csc(CNCCCS(N)(=O)=O)c1. The number of hydrogen-bond acceptors (Lipinski definition) is 5. The van der Waals surface area contributed by atoms with Crippen molar-refractivity contribution in [3.63, 3.8) is 0 Å². The van der Waals surface area contributed by atoms with E-state index in [-0.39, 0.29) is 5.75 Å². The van der Waals surface area contributed by atoms with Crippen LogP contribution in [0.3, 0.4) is 0 Å². The Labute approximate surface area is 104 Å². The molecule has 1 amide bonds. The predicted octanol–water partition coefficient (Wildman–Crippen LogP) is -0.385. The van der Waals surface area contributed by atoms with Crippen molar-refractivity contribution in [2.75, 3.05) is 12.3 Å². The maximum absolute atomic E-state index is 10.8. The molecule has 0 aromatic carbocycles. The van der Waals surface area contributed by atoms with Crippen LogP contribution in [-0.2, 0) is 16.6 Å². The van der Waals surface area contributed by atoms with Gasteiger partial charge in [0.05, 0.1) is 11.3 Å². The summed E-state index contributed by atoms with van der Waals surface area (Å²) in [5, 5.41) is 9.62. The standard InChI is InChI=1S/C9H15N3O3S2/c10-9(13)7-4-8(16-6-7)5-12-2-1-3-17(11,14)15/h4,6,12H,1-3,5H2,(H2,10,13)(H2,11,14,15). The van der Waals surface area contributed by atoms with Crippen molar-refractivity contribution in [1.82, 2.24) is 5.32 Å². The van der Waals surface area contributed by atoms with Gasteiger partial charge in [0.2, 0.25) is 15.9 Å². The van der Waals surface area contributed by atoms with Crippen LogP contribution in [0.25, 0.3) is 0 Å². The first-order valence-corrected chi connectivity index (χ1v) is 7.56. The fourth-order valence-corrected chi connectivity index (χ4v) is 2.60. The molecule has 0 unspecified atom stereocenters. The normalized spacial score (nSPS) is 11.6. The number of primary amides is 1. The van der Waals surface area contributed by atoms with Gasteiger partial charge in [0.25, 0.3) is 0 Å². The molecule has 0 aliphatic carbocycles. The lowest BCUT2D eigenvalue weighted by molar-refractivity contribution is 0.100. The summed E-state index contributed by atoms with van der Waals surface area (Å²) in [6.45, 7) is 1.14. The first-order chi connectivity index (χ1) is 7.88. The van der Waals surface area contributed by atoms with Gasteiger partial charge in [-0.05, 0) is 19.0 Å². The average molecular weight is 277 g/mol. The summed E-state index contributed by atoms with van der Waals surface area (Å²) >= 11 is 1.44. The van der Waals surface area contributed by atoms with Crippen LogP contribution >= 0.6 is 11.3 Å². The summed E-state index contributed by atoms with van der Waals surface area (Å²) in [5.74, 6) is -0.474. The number of carbonyl (C=O) groups excluding carboxylic acids is 1. The van der Waals surface area contributed by atoms with E-state index in [2.05, 4.69) is 5.32 Å². The van der Waals surface area contributed by atoms with Gasteiger partial charge in [-0.15, -0.1) is 11.3 Å². The number of primary sulfonamides is 1. The Morgan fingerprint density at radius 1 is 1.47 bits per heavy atom. The van der Waals surface area contributed by atoms with E-state index < -0.39 is 15.9 Å². The summed E-state index contributed by atoms with van der Waals surface area (Å²) in [6.07, 6.45) is 0.465. The van der Waals surface area contributed by atoms with Gasteiger partial charge in [-0.3, -0.25) is 4.79 Å². The highest BCUT2D eigenvalue weighted by atomic mass is 32.2. The number of thiophene rings is 1. The van der Waals surface area contributed by atoms with Crippen LogP contribution in [0.2, 0.25) is 0 Å². The van der Waals surface area contributed by atoms with Crippen molar-refractivity contribution in [2.24, 2.45) is 10.9 Å². The minimum absolute atomic E-state index is 0.0308. The van der Waals surface area contributed by atoms with E-state index in [1.54, 1.807) is 11.4 Å². The van der Waals surface area contributed by atoms with E-state index in [1.165, 1.54) is 11.3 Å². The third kappa shape index (κ3) is 5.78. The molecule has 1 rings (SSSR count). The zero-order valence-corrected chi connectivity index (χ0v) is 10.8. The number of sulfonamides is 1. The van der Waals surface area contributed by atoms with Gasteiger partial charge in [-0.25, -0.2) is 13.6 Å². The third-order valence-electron chi connectivity index (χ3n) is 2.02. The lowest BCUT2D eigenvalue weighted by atomic mass is 10.3. The van der Waals surface area contributed by atoms with Crippen molar-refractivity contribution in [2.45, 2.75) is 13.0 Å². The molecule has 0 spiro atoms. The van der Waals surface area contributed by atoms with Gasteiger partial charge in [0.15, 0.2) is 0 Å². The summed E-state index contributed by atoms with van der Waals surface area (Å²) in [7, 11) is -3.37. The molecule has 1 aromatic rings. The maximum Gasteiger partial charge on any atom is 0.249 e. The Balaban J connectivity index is 2.24. The quantitative estimate of drug-likeness (QED) is 0.589. The Hall–Kier alpha value is -0.960. The number of carbonyl (C=O) groups is 1. The molecule has 0 fully saturated rings. The molecule has 1 aromatic heterocycles. The molecule has 0 bridgehead atoms. The van der Waals surface area contributed by atoms with Crippen LogP contribution in [0.15, 0.2) is 11.4 Å². The zero-order chi connectivity index (χ0) is 12.9. The molecule has 17 heavy (non-hydrogen) atoms. The van der Waals surface area contributed by atoms with Crippen LogP contribution in [-0.4, -0.2) is 26.6 Å². The van der Waals surface area contributed by atoms with Crippen molar-refractivity contribution < 1.29 is 13.2 Å². The van der Waals surface area contributed by atoms with E-state index in [1.807, 2.05) is 0 Å². The summed E-state index contributed by atoms with van der Waals surface area (Å²) in [4.78, 5) is 11.8. The number of nitrogens with one attached hydrogen (secondary N) is 1. The Bertz CT molecular complexity index is 481. The summed E-state index contributed by atoms with van der Waals surface area (Å²) < 4.78 is 21.3. The molecular weight excluding hydrogens is 262 g/mol. The van der Waals surface area contributed by atoms with Crippen LogP contribution in [0.1, 0.15) is 21.7 Å². The van der Waals surface area contributed by atoms with Crippen molar-refractivity contribution in [3.8, 4) is 0 Å². The van der Waals surface area contributed by atoms with Crippen LogP contribution in [0.5, 0.6) is 0 Å². The minimum atomic E-state index is -3.37. The Kier molecular flexibility index (Phi) is 5.06. The average Bonchev–Trinajstić information content (AvgIpc) is 2.64. The van der Waals surface area contributed by atoms with E-state index in [0.29, 0.717) is 25.1 Å². The molecule has 6 nitrogen and oxygen atoms in total. The van der Waals surface area contributed by atoms with E-state index in [9.17, 15) is 13.2 Å². The smallest absolute Gasteiger partial charge is 0.249 e. The fourth-order valence-electron chi connectivity index (χ4n) is 1.21. The molecule has 5 N–H and O–H groups in total. The highest BCUT2D eigenvalue weighted by Gasteiger charge is 2.05. The number of hydrogen-bond donors (Lipinski definition) is 3. The molecule has 96 valence electrons. The van der Waals surface area contributed by atoms with Gasteiger partial charge in [0.1, 0.15) is 0 Å². The second-order valence-corrected chi connectivity index (χ2v) is 6.29.